The number of aliphatic hydroxyl groups excluding tert-OH is 2. The molecule has 7 nitrogen and oxygen atoms in total. The van der Waals surface area contributed by atoms with E-state index in [1.165, 1.54) is 103 Å². The first-order valence-electron chi connectivity index (χ1n) is 12.8. The molecular weight excluding hydrogens is 430 g/mol. The molecule has 8 heteroatoms. The molecule has 196 valence electrons. The average Bonchev–Trinajstić information content (AvgIpc) is 2.74. The Morgan fingerprint density at radius 1 is 0.656 bits per heavy atom. The lowest BCUT2D eigenvalue weighted by Gasteiger charge is -2.33. The van der Waals surface area contributed by atoms with Gasteiger partial charge in [0.05, 0.1) is 33.9 Å². The molecule has 0 atom stereocenters. The van der Waals surface area contributed by atoms with Gasteiger partial charge in [0.2, 0.25) is 10.4 Å². The highest BCUT2D eigenvalue weighted by Gasteiger charge is 2.19. The van der Waals surface area contributed by atoms with Gasteiger partial charge in [-0.15, -0.1) is 0 Å². The summed E-state index contributed by atoms with van der Waals surface area (Å²) in [5, 5.41) is 18.3. The van der Waals surface area contributed by atoms with Gasteiger partial charge in [0, 0.05) is 0 Å². The number of likely N-dealkylation sites (N-methyl/N-ethyl adjacent to an activating group) is 1. The maximum atomic E-state index is 9.22. The maximum Gasteiger partial charge on any atom is 0.217 e. The lowest BCUT2D eigenvalue weighted by atomic mass is 10.0. The Hall–Kier alpha value is -0.250. The number of nitrogens with zero attached hydrogens (tertiary/aromatic N) is 1. The van der Waals surface area contributed by atoms with E-state index in [1.807, 2.05) is 0 Å². The highest BCUT2D eigenvalue weighted by molar-refractivity contribution is 7.80. The van der Waals surface area contributed by atoms with Gasteiger partial charge in [-0.1, -0.05) is 96.8 Å². The van der Waals surface area contributed by atoms with Crippen LogP contribution in [0.25, 0.3) is 0 Å². The largest absolute Gasteiger partial charge is 0.726 e. The van der Waals surface area contributed by atoms with Crippen LogP contribution in [0.2, 0.25) is 0 Å². The SMILES string of the molecule is CCCCCCCCCCCCCCCCCC[N+](C)(CCO)CCO.COS(=O)(=O)[O-]. The van der Waals surface area contributed by atoms with Crippen LogP contribution in [0.1, 0.15) is 110 Å². The zero-order valence-corrected chi connectivity index (χ0v) is 22.0. The Labute approximate surface area is 199 Å². The van der Waals surface area contributed by atoms with E-state index in [0.717, 1.165) is 31.2 Å². The van der Waals surface area contributed by atoms with Crippen LogP contribution in [-0.2, 0) is 14.6 Å². The van der Waals surface area contributed by atoms with E-state index in [-0.39, 0.29) is 13.2 Å². The van der Waals surface area contributed by atoms with Crippen LogP contribution < -0.4 is 0 Å². The molecule has 0 fully saturated rings. The molecule has 2 N–H and O–H groups in total. The molecule has 0 radical (unpaired) electrons. The number of unbranched alkanes of at least 4 members (excludes halogenated alkanes) is 15. The second-order valence-electron chi connectivity index (χ2n) is 9.12. The topological polar surface area (TPSA) is 107 Å². The summed E-state index contributed by atoms with van der Waals surface area (Å²) in [5.74, 6) is 0. The molecule has 0 aromatic heterocycles. The number of rotatable bonds is 22. The van der Waals surface area contributed by atoms with E-state index >= 15 is 0 Å². The molecule has 0 saturated carbocycles. The van der Waals surface area contributed by atoms with Crippen LogP contribution >= 0.6 is 0 Å². The molecule has 0 aliphatic heterocycles. The van der Waals surface area contributed by atoms with Crippen molar-refractivity contribution in [3.8, 4) is 0 Å². The van der Waals surface area contributed by atoms with E-state index < -0.39 is 10.4 Å². The van der Waals surface area contributed by atoms with Gasteiger partial charge in [0.1, 0.15) is 13.1 Å². The summed E-state index contributed by atoms with van der Waals surface area (Å²) in [7, 11) is -1.45. The van der Waals surface area contributed by atoms with Crippen LogP contribution in [0.5, 0.6) is 0 Å². The van der Waals surface area contributed by atoms with Gasteiger partial charge >= 0.3 is 0 Å². The Morgan fingerprint density at radius 3 is 1.19 bits per heavy atom. The fourth-order valence-electron chi connectivity index (χ4n) is 3.86. The lowest BCUT2D eigenvalue weighted by Crippen LogP contribution is -2.48. The minimum Gasteiger partial charge on any atom is -0.726 e. The number of hydrogen-bond acceptors (Lipinski definition) is 6. The van der Waals surface area contributed by atoms with E-state index in [4.69, 9.17) is 10.2 Å². The van der Waals surface area contributed by atoms with Crippen LogP contribution in [0.3, 0.4) is 0 Å². The zero-order valence-electron chi connectivity index (χ0n) is 21.2. The van der Waals surface area contributed by atoms with Gasteiger partial charge in [-0.3, -0.25) is 4.18 Å². The van der Waals surface area contributed by atoms with Gasteiger partial charge in [-0.05, 0) is 12.8 Å². The summed E-state index contributed by atoms with van der Waals surface area (Å²) >= 11 is 0. The summed E-state index contributed by atoms with van der Waals surface area (Å²) in [6.45, 7) is 5.33. The van der Waals surface area contributed by atoms with Crippen LogP contribution in [0.15, 0.2) is 0 Å². The molecule has 32 heavy (non-hydrogen) atoms. The third-order valence-corrected chi connectivity index (χ3v) is 6.44. The summed E-state index contributed by atoms with van der Waals surface area (Å²) < 4.78 is 31.8. The first-order chi connectivity index (χ1) is 15.2. The third kappa shape index (κ3) is 27.8. The molecule has 0 saturated heterocycles. The standard InChI is InChI=1S/C23H50NO2.CH4O4S/c1-3-4-5-6-7-8-9-10-11-12-13-14-15-16-17-18-19-24(2,20-22-25)21-23-26;1-5-6(2,3)4/h25-26H,3-23H2,1-2H3;1H3,(H,2,3,4)/q+1;/p-1. The molecule has 0 spiro atoms. The van der Waals surface area contributed by atoms with Crippen LogP contribution in [0, 0.1) is 0 Å². The van der Waals surface area contributed by atoms with E-state index in [1.54, 1.807) is 0 Å². The molecule has 0 aliphatic rings. The van der Waals surface area contributed by atoms with E-state index in [0.29, 0.717) is 0 Å². The summed E-state index contributed by atoms with van der Waals surface area (Å²) in [6, 6.07) is 0. The fraction of sp³-hybridized carbons (Fsp3) is 1.00. The monoisotopic (exact) mass is 483 g/mol. The third-order valence-electron chi connectivity index (χ3n) is 6.04. The van der Waals surface area contributed by atoms with Crippen molar-refractivity contribution in [2.75, 3.05) is 47.0 Å². The minimum atomic E-state index is -4.41. The van der Waals surface area contributed by atoms with Crippen molar-refractivity contribution in [1.82, 2.24) is 0 Å². The molecule has 0 heterocycles. The van der Waals surface area contributed by atoms with E-state index in [2.05, 4.69) is 18.2 Å². The zero-order chi connectivity index (χ0) is 24.6. The number of hydrogen-bond donors (Lipinski definition) is 2. The van der Waals surface area contributed by atoms with Crippen LogP contribution in [0.4, 0.5) is 0 Å². The van der Waals surface area contributed by atoms with Gasteiger partial charge in [0.25, 0.3) is 0 Å². The van der Waals surface area contributed by atoms with Crippen molar-refractivity contribution in [1.29, 1.82) is 0 Å². The first kappa shape index (κ1) is 33.9. The highest BCUT2D eigenvalue weighted by Crippen LogP contribution is 2.14. The van der Waals surface area contributed by atoms with Crippen molar-refractivity contribution < 1.29 is 31.8 Å². The lowest BCUT2D eigenvalue weighted by molar-refractivity contribution is -0.910. The highest BCUT2D eigenvalue weighted by atomic mass is 32.3. The van der Waals surface area contributed by atoms with Gasteiger partial charge in [-0.2, -0.15) is 0 Å². The Kier molecular flexibility index (Phi) is 25.3. The predicted molar refractivity (Wildman–Crippen MR) is 131 cm³/mol. The van der Waals surface area contributed by atoms with Crippen molar-refractivity contribution in [3.63, 3.8) is 0 Å². The Balaban J connectivity index is 0. The molecule has 0 bridgehead atoms. The summed E-state index contributed by atoms with van der Waals surface area (Å²) in [4.78, 5) is 0. The van der Waals surface area contributed by atoms with Gasteiger partial charge in [-0.25, -0.2) is 8.42 Å². The average molecular weight is 484 g/mol. The summed E-state index contributed by atoms with van der Waals surface area (Å²) in [5.41, 5.74) is 0. The first-order valence-corrected chi connectivity index (χ1v) is 14.1. The maximum absolute atomic E-state index is 9.22. The Morgan fingerprint density at radius 2 is 0.938 bits per heavy atom. The second kappa shape index (κ2) is 23.9. The molecule has 0 aliphatic carbocycles. The van der Waals surface area contributed by atoms with Gasteiger partial charge < -0.3 is 19.2 Å². The van der Waals surface area contributed by atoms with Crippen molar-refractivity contribution in [3.05, 3.63) is 0 Å². The van der Waals surface area contributed by atoms with E-state index in [9.17, 15) is 13.0 Å². The molecule has 0 aromatic carbocycles. The molecule has 0 unspecified atom stereocenters. The van der Waals surface area contributed by atoms with Gasteiger partial charge in [0.15, 0.2) is 0 Å². The summed E-state index contributed by atoms with van der Waals surface area (Å²) in [6.07, 6.45) is 22.4. The fourth-order valence-corrected chi connectivity index (χ4v) is 3.86. The second-order valence-corrected chi connectivity index (χ2v) is 10.3. The van der Waals surface area contributed by atoms with Crippen molar-refractivity contribution in [2.24, 2.45) is 0 Å². The molecule has 0 rings (SSSR count). The van der Waals surface area contributed by atoms with Crippen LogP contribution in [-0.4, -0.2) is 74.7 Å². The normalized spacial score (nSPS) is 11.9. The van der Waals surface area contributed by atoms with Crippen molar-refractivity contribution >= 4 is 10.4 Å². The molecular formula is C24H53NO6S. The predicted octanol–water partition coefficient (Wildman–Crippen LogP) is 4.77. The number of aliphatic hydroxyl groups is 2. The van der Waals surface area contributed by atoms with Crippen molar-refractivity contribution in [2.45, 2.75) is 110 Å². The molecule has 0 aromatic rings. The number of quaternary nitrogens is 1. The Bertz CT molecular complexity index is 467. The smallest absolute Gasteiger partial charge is 0.217 e. The molecule has 0 amide bonds. The quantitative estimate of drug-likeness (QED) is 0.0994. The minimum absolute atomic E-state index is 0.218.